The van der Waals surface area contributed by atoms with Gasteiger partial charge in [0, 0.05) is 9.79 Å². The lowest BCUT2D eigenvalue weighted by molar-refractivity contribution is 1.26. The number of rotatable bonds is 2. The molecule has 0 unspecified atom stereocenters. The van der Waals surface area contributed by atoms with E-state index in [4.69, 9.17) is 23.2 Å². The zero-order valence-electron chi connectivity index (χ0n) is 10.7. The van der Waals surface area contributed by atoms with Crippen LogP contribution in [0.3, 0.4) is 0 Å². The van der Waals surface area contributed by atoms with E-state index in [-0.39, 0.29) is 0 Å². The highest BCUT2D eigenvalue weighted by Crippen LogP contribution is 2.38. The summed E-state index contributed by atoms with van der Waals surface area (Å²) in [5.41, 5.74) is 0. The van der Waals surface area contributed by atoms with Crippen LogP contribution in [0.1, 0.15) is 27.7 Å². The normalized spacial score (nSPS) is 8.50. The molecular formula is C12H20Cl2S2. The third-order valence-electron chi connectivity index (χ3n) is 1.42. The molecule has 0 N–H and O–H groups in total. The molecule has 16 heavy (non-hydrogen) atoms. The second-order valence-corrected chi connectivity index (χ2v) is 4.54. The maximum atomic E-state index is 5.99. The van der Waals surface area contributed by atoms with Crippen LogP contribution >= 0.6 is 46.7 Å². The Morgan fingerprint density at radius 2 is 1.00 bits per heavy atom. The Morgan fingerprint density at radius 3 is 1.19 bits per heavy atom. The zero-order valence-corrected chi connectivity index (χ0v) is 13.9. The predicted molar refractivity (Wildman–Crippen MR) is 82.7 cm³/mol. The molecule has 1 aromatic carbocycles. The number of halogens is 2. The van der Waals surface area contributed by atoms with Crippen molar-refractivity contribution in [1.29, 1.82) is 0 Å². The smallest absolute Gasteiger partial charge is 0.0554 e. The average molecular weight is 299 g/mol. The van der Waals surface area contributed by atoms with Crippen molar-refractivity contribution < 1.29 is 0 Å². The largest absolute Gasteiger partial charge is 0.127 e. The number of hydrogen-bond donors (Lipinski definition) is 0. The van der Waals surface area contributed by atoms with Gasteiger partial charge in [0.25, 0.3) is 0 Å². The molecule has 1 aromatic rings. The Bertz CT molecular complexity index is 260. The quantitative estimate of drug-likeness (QED) is 0.572. The highest BCUT2D eigenvalue weighted by atomic mass is 35.5. The molecule has 0 radical (unpaired) electrons. The summed E-state index contributed by atoms with van der Waals surface area (Å²) < 4.78 is 0. The van der Waals surface area contributed by atoms with Gasteiger partial charge in [-0.05, 0) is 24.6 Å². The molecule has 0 aliphatic rings. The van der Waals surface area contributed by atoms with E-state index in [1.54, 1.807) is 23.5 Å². The van der Waals surface area contributed by atoms with Crippen molar-refractivity contribution in [2.45, 2.75) is 37.5 Å². The van der Waals surface area contributed by atoms with Crippen LogP contribution in [-0.4, -0.2) is 12.5 Å². The molecule has 4 heteroatoms. The van der Waals surface area contributed by atoms with Crippen LogP contribution in [-0.2, 0) is 0 Å². The summed E-state index contributed by atoms with van der Waals surface area (Å²) in [6.45, 7) is 8.00. The van der Waals surface area contributed by atoms with E-state index in [9.17, 15) is 0 Å². The highest BCUT2D eigenvalue weighted by Gasteiger charge is 2.08. The lowest BCUT2D eigenvalue weighted by Gasteiger charge is -2.07. The zero-order chi connectivity index (χ0) is 13.1. The molecule has 1 rings (SSSR count). The molecule has 0 saturated heterocycles. The molecule has 0 saturated carbocycles. The van der Waals surface area contributed by atoms with E-state index in [1.165, 1.54) is 0 Å². The predicted octanol–water partition coefficient (Wildman–Crippen LogP) is 6.49. The molecule has 0 heterocycles. The summed E-state index contributed by atoms with van der Waals surface area (Å²) in [6, 6.07) is 3.66. The van der Waals surface area contributed by atoms with Crippen molar-refractivity contribution in [2.24, 2.45) is 0 Å². The fraction of sp³-hybridized carbons (Fsp3) is 0.500. The van der Waals surface area contributed by atoms with Gasteiger partial charge in [0.05, 0.1) is 10.0 Å². The summed E-state index contributed by atoms with van der Waals surface area (Å²) in [7, 11) is 0. The Balaban J connectivity index is 0. The van der Waals surface area contributed by atoms with Gasteiger partial charge in [0.1, 0.15) is 0 Å². The van der Waals surface area contributed by atoms with Crippen LogP contribution in [0, 0.1) is 0 Å². The summed E-state index contributed by atoms with van der Waals surface area (Å²) in [5, 5.41) is 1.55. The molecule has 0 aromatic heterocycles. The van der Waals surface area contributed by atoms with Crippen molar-refractivity contribution in [2.75, 3.05) is 12.5 Å². The monoisotopic (exact) mass is 298 g/mol. The maximum absolute atomic E-state index is 5.99. The SMILES string of the molecule is CC.CC.CSc1c(Cl)ccc(Cl)c1SC. The van der Waals surface area contributed by atoms with Crippen LogP contribution in [0.5, 0.6) is 0 Å². The van der Waals surface area contributed by atoms with Crippen LogP contribution in [0.4, 0.5) is 0 Å². The fourth-order valence-corrected chi connectivity index (χ4v) is 3.40. The van der Waals surface area contributed by atoms with Gasteiger partial charge in [-0.15, -0.1) is 23.5 Å². The van der Waals surface area contributed by atoms with E-state index in [0.29, 0.717) is 0 Å². The summed E-state index contributed by atoms with van der Waals surface area (Å²) in [4.78, 5) is 2.13. The molecule has 0 atom stereocenters. The molecule has 0 nitrogen and oxygen atoms in total. The minimum Gasteiger partial charge on any atom is -0.127 e. The number of benzene rings is 1. The Labute approximate surface area is 118 Å². The highest BCUT2D eigenvalue weighted by molar-refractivity contribution is 8.01. The van der Waals surface area contributed by atoms with Gasteiger partial charge >= 0.3 is 0 Å². The number of thioether (sulfide) groups is 2. The fourth-order valence-electron chi connectivity index (χ4n) is 0.895. The minimum atomic E-state index is 0.774. The molecule has 0 aliphatic heterocycles. The van der Waals surface area contributed by atoms with Gasteiger partial charge < -0.3 is 0 Å². The standard InChI is InChI=1S/C8H8Cl2S2.2C2H6/c1-11-7-5(9)3-4-6(10)8(7)12-2;2*1-2/h3-4H,1-2H3;2*1-2H3. The third kappa shape index (κ3) is 5.72. The van der Waals surface area contributed by atoms with Crippen molar-refractivity contribution in [3.8, 4) is 0 Å². The van der Waals surface area contributed by atoms with Gasteiger partial charge in [-0.3, -0.25) is 0 Å². The van der Waals surface area contributed by atoms with Crippen LogP contribution < -0.4 is 0 Å². The molecule has 0 fully saturated rings. The summed E-state index contributed by atoms with van der Waals surface area (Å²) in [6.07, 6.45) is 3.99. The summed E-state index contributed by atoms with van der Waals surface area (Å²) >= 11 is 15.2. The van der Waals surface area contributed by atoms with Crippen molar-refractivity contribution >= 4 is 46.7 Å². The van der Waals surface area contributed by atoms with Gasteiger partial charge in [0.15, 0.2) is 0 Å². The van der Waals surface area contributed by atoms with Gasteiger partial charge in [-0.2, -0.15) is 0 Å². The topological polar surface area (TPSA) is 0 Å². The molecule has 0 aliphatic carbocycles. The molecule has 0 spiro atoms. The molecule has 94 valence electrons. The van der Waals surface area contributed by atoms with E-state index in [2.05, 4.69) is 0 Å². The Kier molecular flexibility index (Phi) is 14.1. The van der Waals surface area contributed by atoms with Gasteiger partial charge in [0.2, 0.25) is 0 Å². The Morgan fingerprint density at radius 1 is 0.750 bits per heavy atom. The van der Waals surface area contributed by atoms with Gasteiger partial charge in [-0.1, -0.05) is 50.9 Å². The van der Waals surface area contributed by atoms with Crippen LogP contribution in [0.2, 0.25) is 10.0 Å². The molecular weight excluding hydrogens is 279 g/mol. The van der Waals surface area contributed by atoms with E-state index < -0.39 is 0 Å². The van der Waals surface area contributed by atoms with Crippen LogP contribution in [0.25, 0.3) is 0 Å². The van der Waals surface area contributed by atoms with Crippen LogP contribution in [0.15, 0.2) is 21.9 Å². The lowest BCUT2D eigenvalue weighted by atomic mass is 10.3. The van der Waals surface area contributed by atoms with E-state index in [1.807, 2.05) is 52.3 Å². The first-order chi connectivity index (χ1) is 7.70. The summed E-state index contributed by atoms with van der Waals surface area (Å²) in [5.74, 6) is 0. The van der Waals surface area contributed by atoms with Crippen molar-refractivity contribution in [3.63, 3.8) is 0 Å². The van der Waals surface area contributed by atoms with Crippen molar-refractivity contribution in [3.05, 3.63) is 22.2 Å². The number of hydrogen-bond acceptors (Lipinski definition) is 2. The Hall–Kier alpha value is 0.500. The van der Waals surface area contributed by atoms with Crippen molar-refractivity contribution in [1.82, 2.24) is 0 Å². The van der Waals surface area contributed by atoms with Gasteiger partial charge in [-0.25, -0.2) is 0 Å². The first-order valence-corrected chi connectivity index (χ1v) is 8.47. The van der Waals surface area contributed by atoms with E-state index >= 15 is 0 Å². The molecule has 0 amide bonds. The average Bonchev–Trinajstić information content (AvgIpc) is 2.36. The minimum absolute atomic E-state index is 0.774. The first-order valence-electron chi connectivity index (χ1n) is 5.26. The second-order valence-electron chi connectivity index (χ2n) is 2.10. The second kappa shape index (κ2) is 12.0. The maximum Gasteiger partial charge on any atom is 0.0554 e. The third-order valence-corrected chi connectivity index (χ3v) is 4.07. The first kappa shape index (κ1) is 18.9. The molecule has 0 bridgehead atoms. The van der Waals surface area contributed by atoms with E-state index in [0.717, 1.165) is 19.8 Å². The lowest BCUT2D eigenvalue weighted by Crippen LogP contribution is -1.80.